The number of fused-ring (bicyclic) bond motifs is 1. The van der Waals surface area contributed by atoms with E-state index in [0.29, 0.717) is 12.1 Å². The molecule has 0 amide bonds. The first-order valence-electron chi connectivity index (χ1n) is 10.4. The minimum atomic E-state index is -3.58. The van der Waals surface area contributed by atoms with E-state index in [1.54, 1.807) is 23.7 Å². The Morgan fingerprint density at radius 3 is 2.68 bits per heavy atom. The Balaban J connectivity index is 1.19. The number of nitrogens with one attached hydrogen (secondary N) is 1. The number of anilines is 1. The van der Waals surface area contributed by atoms with E-state index >= 15 is 0 Å². The van der Waals surface area contributed by atoms with Crippen LogP contribution < -0.4 is 9.62 Å². The normalized spacial score (nSPS) is 15.3. The van der Waals surface area contributed by atoms with Gasteiger partial charge in [-0.05, 0) is 61.3 Å². The van der Waals surface area contributed by atoms with Crippen LogP contribution >= 0.6 is 11.5 Å². The van der Waals surface area contributed by atoms with Gasteiger partial charge in [-0.25, -0.2) is 13.1 Å². The molecule has 1 N–H and O–H groups in total. The van der Waals surface area contributed by atoms with Crippen molar-refractivity contribution in [2.75, 3.05) is 44.2 Å². The molecule has 2 heterocycles. The highest BCUT2D eigenvalue weighted by molar-refractivity contribution is 7.89. The predicted octanol–water partition coefficient (Wildman–Crippen LogP) is 3.05. The summed E-state index contributed by atoms with van der Waals surface area (Å²) in [6, 6.07) is 16.4. The zero-order valence-electron chi connectivity index (χ0n) is 17.2. The first-order valence-corrected chi connectivity index (χ1v) is 12.6. The number of nitriles is 1. The lowest BCUT2D eigenvalue weighted by molar-refractivity contribution is 0.253. The predicted molar refractivity (Wildman–Crippen MR) is 124 cm³/mol. The molecule has 1 saturated heterocycles. The fraction of sp³-hybridized carbons (Fsp3) is 0.364. The Morgan fingerprint density at radius 2 is 1.87 bits per heavy atom. The molecule has 0 atom stereocenters. The summed E-state index contributed by atoms with van der Waals surface area (Å²) in [5.74, 6) is 1.09. The number of unbranched alkanes of at least 4 members (excludes halogenated alkanes) is 1. The molecule has 2 aromatic carbocycles. The molecule has 0 aliphatic carbocycles. The number of benzene rings is 2. The summed E-state index contributed by atoms with van der Waals surface area (Å²) in [4.78, 5) is 4.92. The maximum absolute atomic E-state index is 12.4. The molecule has 9 heteroatoms. The molecule has 1 fully saturated rings. The SMILES string of the molecule is N#Cc1cccc(S(=O)(=O)NCCCCN2CCN(c3nsc4ccccc34)CC2)c1. The van der Waals surface area contributed by atoms with Gasteiger partial charge < -0.3 is 4.90 Å². The van der Waals surface area contributed by atoms with Crippen LogP contribution in [-0.2, 0) is 10.0 Å². The van der Waals surface area contributed by atoms with Crippen LogP contribution in [0, 0.1) is 11.3 Å². The van der Waals surface area contributed by atoms with Crippen LogP contribution in [0.1, 0.15) is 18.4 Å². The molecule has 162 valence electrons. The summed E-state index contributed by atoms with van der Waals surface area (Å²) in [5, 5.41) is 10.2. The van der Waals surface area contributed by atoms with Crippen molar-refractivity contribution in [2.45, 2.75) is 17.7 Å². The third-order valence-electron chi connectivity index (χ3n) is 5.50. The van der Waals surface area contributed by atoms with Crippen LogP contribution in [0.25, 0.3) is 10.1 Å². The van der Waals surface area contributed by atoms with Gasteiger partial charge in [0.05, 0.1) is 21.2 Å². The summed E-state index contributed by atoms with van der Waals surface area (Å²) in [6.45, 7) is 5.23. The van der Waals surface area contributed by atoms with Crippen molar-refractivity contribution >= 4 is 37.5 Å². The van der Waals surface area contributed by atoms with Gasteiger partial charge in [-0.1, -0.05) is 18.2 Å². The van der Waals surface area contributed by atoms with Gasteiger partial charge in [0.15, 0.2) is 0 Å². The zero-order valence-corrected chi connectivity index (χ0v) is 18.8. The fourth-order valence-electron chi connectivity index (χ4n) is 3.77. The van der Waals surface area contributed by atoms with Crippen LogP contribution in [0.15, 0.2) is 53.4 Å². The number of hydrogen-bond acceptors (Lipinski definition) is 7. The number of piperazine rings is 1. The molecule has 1 aromatic heterocycles. The number of rotatable bonds is 8. The quantitative estimate of drug-likeness (QED) is 0.525. The molecule has 31 heavy (non-hydrogen) atoms. The minimum absolute atomic E-state index is 0.136. The highest BCUT2D eigenvalue weighted by atomic mass is 32.2. The van der Waals surface area contributed by atoms with Crippen molar-refractivity contribution in [2.24, 2.45) is 0 Å². The first kappa shape index (κ1) is 21.7. The summed E-state index contributed by atoms with van der Waals surface area (Å²) in [7, 11) is -3.58. The lowest BCUT2D eigenvalue weighted by Gasteiger charge is -2.35. The van der Waals surface area contributed by atoms with Crippen molar-refractivity contribution in [3.8, 4) is 6.07 Å². The maximum atomic E-state index is 12.4. The van der Waals surface area contributed by atoms with Crippen LogP contribution in [-0.4, -0.2) is 57.0 Å². The number of sulfonamides is 1. The van der Waals surface area contributed by atoms with Gasteiger partial charge in [0.2, 0.25) is 10.0 Å². The Kier molecular flexibility index (Phi) is 6.83. The smallest absolute Gasteiger partial charge is 0.240 e. The molecule has 1 aliphatic rings. The minimum Gasteiger partial charge on any atom is -0.353 e. The van der Waals surface area contributed by atoms with Gasteiger partial charge >= 0.3 is 0 Å². The van der Waals surface area contributed by atoms with Gasteiger partial charge in [0.1, 0.15) is 5.82 Å². The van der Waals surface area contributed by atoms with E-state index in [1.165, 1.54) is 22.2 Å². The molecular weight excluding hydrogens is 430 g/mol. The van der Waals surface area contributed by atoms with Crippen LogP contribution in [0.3, 0.4) is 0 Å². The molecular formula is C22H25N5O2S2. The molecule has 1 aliphatic heterocycles. The third kappa shape index (κ3) is 5.22. The monoisotopic (exact) mass is 455 g/mol. The Labute approximate surface area is 187 Å². The van der Waals surface area contributed by atoms with E-state index in [4.69, 9.17) is 5.26 Å². The highest BCUT2D eigenvalue weighted by Crippen LogP contribution is 2.29. The topological polar surface area (TPSA) is 89.3 Å². The van der Waals surface area contributed by atoms with Crippen molar-refractivity contribution in [1.82, 2.24) is 14.0 Å². The van der Waals surface area contributed by atoms with Crippen LogP contribution in [0.4, 0.5) is 5.82 Å². The molecule has 0 spiro atoms. The summed E-state index contributed by atoms with van der Waals surface area (Å²) in [6.07, 6.45) is 1.70. The second-order valence-corrected chi connectivity index (χ2v) is 10.1. The molecule has 0 unspecified atom stereocenters. The average molecular weight is 456 g/mol. The van der Waals surface area contributed by atoms with Crippen molar-refractivity contribution in [3.63, 3.8) is 0 Å². The van der Waals surface area contributed by atoms with E-state index < -0.39 is 10.0 Å². The largest absolute Gasteiger partial charge is 0.353 e. The maximum Gasteiger partial charge on any atom is 0.240 e. The molecule has 0 radical (unpaired) electrons. The second kappa shape index (κ2) is 9.75. The summed E-state index contributed by atoms with van der Waals surface area (Å²) >= 11 is 1.55. The van der Waals surface area contributed by atoms with Crippen molar-refractivity contribution in [1.29, 1.82) is 5.26 Å². The fourth-order valence-corrected chi connectivity index (χ4v) is 5.68. The molecule has 0 saturated carbocycles. The van der Waals surface area contributed by atoms with Crippen molar-refractivity contribution < 1.29 is 8.42 Å². The average Bonchev–Trinajstić information content (AvgIpc) is 3.23. The van der Waals surface area contributed by atoms with E-state index in [9.17, 15) is 8.42 Å². The van der Waals surface area contributed by atoms with Gasteiger partial charge in [0, 0.05) is 38.1 Å². The molecule has 0 bridgehead atoms. The number of aromatic nitrogens is 1. The lowest BCUT2D eigenvalue weighted by Crippen LogP contribution is -2.46. The zero-order chi connectivity index (χ0) is 21.7. The number of hydrogen-bond donors (Lipinski definition) is 1. The van der Waals surface area contributed by atoms with E-state index in [0.717, 1.165) is 51.4 Å². The molecule has 7 nitrogen and oxygen atoms in total. The highest BCUT2D eigenvalue weighted by Gasteiger charge is 2.20. The molecule has 4 rings (SSSR count). The Hall–Kier alpha value is -2.51. The summed E-state index contributed by atoms with van der Waals surface area (Å²) in [5.41, 5.74) is 0.340. The third-order valence-corrected chi connectivity index (χ3v) is 7.77. The Bertz CT molecular complexity index is 1180. The molecule has 3 aromatic rings. The van der Waals surface area contributed by atoms with Gasteiger partial charge in [-0.15, -0.1) is 0 Å². The van der Waals surface area contributed by atoms with E-state index in [-0.39, 0.29) is 4.90 Å². The summed E-state index contributed by atoms with van der Waals surface area (Å²) < 4.78 is 33.2. The van der Waals surface area contributed by atoms with Gasteiger partial charge in [-0.3, -0.25) is 4.90 Å². The second-order valence-electron chi connectivity index (χ2n) is 7.58. The standard InChI is InChI=1S/C22H25N5O2S2/c23-17-18-6-5-7-19(16-18)31(28,29)24-10-3-4-11-26-12-14-27(15-13-26)22-20-8-1-2-9-21(20)30-25-22/h1-2,5-9,16,24H,3-4,10-15H2. The van der Waals surface area contributed by atoms with Gasteiger partial charge in [0.25, 0.3) is 0 Å². The number of nitrogens with zero attached hydrogens (tertiary/aromatic N) is 4. The van der Waals surface area contributed by atoms with E-state index in [1.807, 2.05) is 12.1 Å². The Morgan fingerprint density at radius 1 is 1.06 bits per heavy atom. The van der Waals surface area contributed by atoms with Crippen molar-refractivity contribution in [3.05, 3.63) is 54.1 Å². The van der Waals surface area contributed by atoms with Crippen LogP contribution in [0.2, 0.25) is 0 Å². The van der Waals surface area contributed by atoms with E-state index in [2.05, 4.69) is 37.1 Å². The first-order chi connectivity index (χ1) is 15.1. The lowest BCUT2D eigenvalue weighted by atomic mass is 10.2. The van der Waals surface area contributed by atoms with Crippen LogP contribution in [0.5, 0.6) is 0 Å². The van der Waals surface area contributed by atoms with Gasteiger partial charge in [-0.2, -0.15) is 9.64 Å².